The molecule has 1 aliphatic heterocycles. The summed E-state index contributed by atoms with van der Waals surface area (Å²) in [5.41, 5.74) is 3.55. The van der Waals surface area contributed by atoms with Crippen LogP contribution in [0.2, 0.25) is 0 Å². The molecule has 2 heteroatoms. The van der Waals surface area contributed by atoms with E-state index < -0.39 is 20.9 Å². The molecule has 1 aliphatic rings. The Bertz CT molecular complexity index is 711. The third-order valence-electron chi connectivity index (χ3n) is 3.12. The molecule has 0 spiro atoms. The summed E-state index contributed by atoms with van der Waals surface area (Å²) >= 11 is -0.395. The van der Waals surface area contributed by atoms with Crippen LogP contribution < -0.4 is 3.61 Å². The second kappa shape index (κ2) is 5.79. The van der Waals surface area contributed by atoms with Crippen LogP contribution in [0.4, 0.5) is 0 Å². The van der Waals surface area contributed by atoms with Gasteiger partial charge >= 0.3 is 129 Å². The predicted molar refractivity (Wildman–Crippen MR) is 84.9 cm³/mol. The molecule has 0 saturated heterocycles. The van der Waals surface area contributed by atoms with Gasteiger partial charge in [-0.15, -0.1) is 0 Å². The van der Waals surface area contributed by atoms with Crippen molar-refractivity contribution in [3.63, 3.8) is 0 Å². The van der Waals surface area contributed by atoms with Crippen molar-refractivity contribution in [1.29, 1.82) is 0 Å². The molecule has 0 fully saturated rings. The van der Waals surface area contributed by atoms with E-state index in [-0.39, 0.29) is 5.78 Å². The topological polar surface area (TPSA) is 17.1 Å². The molecule has 0 radical (unpaired) electrons. The van der Waals surface area contributed by atoms with Crippen molar-refractivity contribution in [2.45, 2.75) is 6.92 Å². The number of carbonyl (C=O) groups is 1. The van der Waals surface area contributed by atoms with Crippen LogP contribution in [0, 0.1) is 0 Å². The molecule has 3 rings (SSSR count). The van der Waals surface area contributed by atoms with Gasteiger partial charge in [-0.2, -0.15) is 0 Å². The summed E-state index contributed by atoms with van der Waals surface area (Å²) in [4.78, 5) is 11.5. The van der Waals surface area contributed by atoms with E-state index in [1.807, 2.05) is 12.1 Å². The maximum atomic E-state index is 11.5. The number of benzene rings is 2. The molecule has 0 aliphatic carbocycles. The van der Waals surface area contributed by atoms with Gasteiger partial charge in [-0.05, 0) is 0 Å². The van der Waals surface area contributed by atoms with E-state index in [9.17, 15) is 4.79 Å². The van der Waals surface area contributed by atoms with E-state index in [4.69, 9.17) is 0 Å². The Morgan fingerprint density at radius 3 is 2.45 bits per heavy atom. The van der Waals surface area contributed by atoms with Crippen molar-refractivity contribution in [2.75, 3.05) is 0 Å². The molecule has 0 amide bonds. The molecule has 0 bridgehead atoms. The molecule has 2 aromatic carbocycles. The zero-order valence-corrected chi connectivity index (χ0v) is 13.5. The summed E-state index contributed by atoms with van der Waals surface area (Å²) in [5, 5.41) is 0. The molecule has 0 N–H and O–H groups in total. The summed E-state index contributed by atoms with van der Waals surface area (Å²) in [5.74, 6) is 0.0981. The fourth-order valence-corrected chi connectivity index (χ4v) is 5.44. The zero-order valence-electron chi connectivity index (χ0n) is 11.2. The standard InChI is InChI=1S/C18H14OTe/c1-13(19)11-15-12-18(14-7-3-2-4-8-14)20-17-10-6-5-9-16(15)17/h2-12H,1H3/b15-11-. The molecule has 0 unspecified atom stereocenters. The average molecular weight is 374 g/mol. The molecule has 2 aromatic rings. The second-order valence-electron chi connectivity index (χ2n) is 4.68. The van der Waals surface area contributed by atoms with Gasteiger partial charge < -0.3 is 0 Å². The fraction of sp³-hybridized carbons (Fsp3) is 0.0556. The van der Waals surface area contributed by atoms with E-state index in [1.54, 1.807) is 13.0 Å². The number of rotatable bonds is 2. The Morgan fingerprint density at radius 2 is 1.70 bits per heavy atom. The van der Waals surface area contributed by atoms with Gasteiger partial charge in [0, 0.05) is 0 Å². The van der Waals surface area contributed by atoms with Crippen LogP contribution in [-0.4, -0.2) is 26.7 Å². The Balaban J connectivity index is 2.12. The van der Waals surface area contributed by atoms with Gasteiger partial charge in [-0.3, -0.25) is 0 Å². The van der Waals surface area contributed by atoms with E-state index >= 15 is 0 Å². The van der Waals surface area contributed by atoms with Crippen LogP contribution in [0.3, 0.4) is 0 Å². The monoisotopic (exact) mass is 376 g/mol. The Morgan fingerprint density at radius 1 is 1.00 bits per heavy atom. The van der Waals surface area contributed by atoms with Crippen LogP contribution in [0.5, 0.6) is 0 Å². The minimum atomic E-state index is -0.395. The normalized spacial score (nSPS) is 15.7. The number of hydrogen-bond donors (Lipinski definition) is 0. The van der Waals surface area contributed by atoms with Crippen molar-refractivity contribution in [3.8, 4) is 0 Å². The maximum absolute atomic E-state index is 11.5. The quantitative estimate of drug-likeness (QED) is 0.584. The average Bonchev–Trinajstić information content (AvgIpc) is 2.47. The van der Waals surface area contributed by atoms with Crippen molar-refractivity contribution in [2.24, 2.45) is 0 Å². The minimum absolute atomic E-state index is 0.0981. The molecule has 20 heavy (non-hydrogen) atoms. The van der Waals surface area contributed by atoms with E-state index in [1.165, 1.54) is 18.4 Å². The number of allylic oxidation sites excluding steroid dienone is 3. The number of carbonyl (C=O) groups excluding carboxylic acids is 1. The van der Waals surface area contributed by atoms with Crippen molar-refractivity contribution in [3.05, 3.63) is 77.9 Å². The van der Waals surface area contributed by atoms with Crippen LogP contribution in [0.15, 0.2) is 66.7 Å². The van der Waals surface area contributed by atoms with E-state index in [0.717, 1.165) is 5.57 Å². The van der Waals surface area contributed by atoms with Gasteiger partial charge in [-0.1, -0.05) is 0 Å². The van der Waals surface area contributed by atoms with Gasteiger partial charge in [0.25, 0.3) is 0 Å². The van der Waals surface area contributed by atoms with Gasteiger partial charge in [0.05, 0.1) is 0 Å². The van der Waals surface area contributed by atoms with Gasteiger partial charge in [0.2, 0.25) is 0 Å². The van der Waals surface area contributed by atoms with Crippen LogP contribution in [0.25, 0.3) is 9.19 Å². The zero-order chi connectivity index (χ0) is 13.9. The molecule has 1 heterocycles. The molecular formula is C18H14OTe. The number of ketones is 1. The summed E-state index contributed by atoms with van der Waals surface area (Å²) in [7, 11) is 0. The van der Waals surface area contributed by atoms with Crippen LogP contribution in [-0.2, 0) is 4.79 Å². The van der Waals surface area contributed by atoms with Gasteiger partial charge in [0.1, 0.15) is 0 Å². The summed E-state index contributed by atoms with van der Waals surface area (Å²) in [6.07, 6.45) is 3.94. The SMILES string of the molecule is CC(=O)/C=C1/C=C(c2ccccc2)[Te]c2ccccc21. The first-order valence-electron chi connectivity index (χ1n) is 6.51. The van der Waals surface area contributed by atoms with Crippen molar-refractivity contribution >= 4 is 39.5 Å². The molecular weight excluding hydrogens is 360 g/mol. The third kappa shape index (κ3) is 2.77. The number of fused-ring (bicyclic) bond motifs is 1. The molecule has 1 nitrogen and oxygen atoms in total. The van der Waals surface area contributed by atoms with Gasteiger partial charge in [0.15, 0.2) is 0 Å². The Kier molecular flexibility index (Phi) is 3.87. The first-order chi connectivity index (χ1) is 9.74. The van der Waals surface area contributed by atoms with E-state index in [0.29, 0.717) is 0 Å². The van der Waals surface area contributed by atoms with Crippen molar-refractivity contribution < 1.29 is 4.79 Å². The van der Waals surface area contributed by atoms with Crippen molar-refractivity contribution in [1.82, 2.24) is 0 Å². The molecule has 0 atom stereocenters. The Hall–Kier alpha value is -1.62. The van der Waals surface area contributed by atoms with Crippen LogP contribution in [0.1, 0.15) is 18.1 Å². The first-order valence-corrected chi connectivity index (χ1v) is 8.84. The summed E-state index contributed by atoms with van der Waals surface area (Å²) in [6.45, 7) is 1.61. The summed E-state index contributed by atoms with van der Waals surface area (Å²) in [6, 6.07) is 18.9. The predicted octanol–water partition coefficient (Wildman–Crippen LogP) is 3.04. The number of hydrogen-bond acceptors (Lipinski definition) is 1. The van der Waals surface area contributed by atoms with Gasteiger partial charge in [-0.25, -0.2) is 0 Å². The molecule has 98 valence electrons. The second-order valence-corrected chi connectivity index (χ2v) is 7.78. The fourth-order valence-electron chi connectivity index (χ4n) is 2.24. The van der Waals surface area contributed by atoms with E-state index in [2.05, 4.69) is 48.5 Å². The Labute approximate surface area is 129 Å². The molecule has 0 aromatic heterocycles. The third-order valence-corrected chi connectivity index (χ3v) is 6.40. The summed E-state index contributed by atoms with van der Waals surface area (Å²) < 4.78 is 2.80. The van der Waals surface area contributed by atoms with Crippen LogP contribution >= 0.6 is 0 Å². The first kappa shape index (κ1) is 13.4. The molecule has 0 saturated carbocycles.